The molecule has 6 heteroatoms. The van der Waals surface area contributed by atoms with Crippen LogP contribution in [0.3, 0.4) is 0 Å². The minimum atomic E-state index is 0.679. The molecule has 1 aliphatic rings. The first-order valence-electron chi connectivity index (χ1n) is 9.80. The van der Waals surface area contributed by atoms with E-state index in [-0.39, 0.29) is 0 Å². The van der Waals surface area contributed by atoms with E-state index in [1.54, 1.807) is 0 Å². The molecule has 26 heavy (non-hydrogen) atoms. The molecule has 0 aromatic heterocycles. The van der Waals surface area contributed by atoms with Crippen LogP contribution in [0.4, 0.5) is 0 Å². The molecule has 0 amide bonds. The van der Waals surface area contributed by atoms with Crippen LogP contribution in [-0.2, 0) is 17.8 Å². The minimum Gasteiger partial charge on any atom is -0.380 e. The fourth-order valence-corrected chi connectivity index (χ4v) is 2.91. The van der Waals surface area contributed by atoms with Crippen molar-refractivity contribution in [3.05, 3.63) is 35.4 Å². The van der Waals surface area contributed by atoms with Gasteiger partial charge in [-0.2, -0.15) is 0 Å². The van der Waals surface area contributed by atoms with Crippen molar-refractivity contribution in [2.75, 3.05) is 59.5 Å². The Morgan fingerprint density at radius 3 is 2.38 bits per heavy atom. The number of ether oxygens (including phenoxy) is 1. The third-order valence-corrected chi connectivity index (χ3v) is 4.53. The maximum absolute atomic E-state index is 5.35. The van der Waals surface area contributed by atoms with Gasteiger partial charge in [-0.05, 0) is 32.0 Å². The number of aliphatic imine (C=N–C) groups is 1. The summed E-state index contributed by atoms with van der Waals surface area (Å²) in [4.78, 5) is 9.58. The Labute approximate surface area is 158 Å². The van der Waals surface area contributed by atoms with Crippen LogP contribution in [0.15, 0.2) is 29.3 Å². The Hall–Kier alpha value is -1.63. The second kappa shape index (κ2) is 11.9. The van der Waals surface area contributed by atoms with E-state index in [0.29, 0.717) is 13.2 Å². The van der Waals surface area contributed by atoms with Crippen LogP contribution in [0.2, 0.25) is 0 Å². The second-order valence-electron chi connectivity index (χ2n) is 6.71. The maximum Gasteiger partial charge on any atom is 0.191 e. The minimum absolute atomic E-state index is 0.679. The van der Waals surface area contributed by atoms with Crippen LogP contribution in [0.25, 0.3) is 0 Å². The number of rotatable bonds is 9. The molecule has 0 unspecified atom stereocenters. The first-order valence-corrected chi connectivity index (χ1v) is 9.80. The molecule has 1 aromatic carbocycles. The summed E-state index contributed by atoms with van der Waals surface area (Å²) in [6.45, 7) is 13.5. The van der Waals surface area contributed by atoms with Crippen LogP contribution in [0, 0.1) is 0 Å². The lowest BCUT2D eigenvalue weighted by atomic mass is 10.1. The second-order valence-corrected chi connectivity index (χ2v) is 6.71. The molecular formula is C20H35N5O. The molecule has 1 saturated heterocycles. The van der Waals surface area contributed by atoms with Gasteiger partial charge in [0, 0.05) is 52.4 Å². The van der Waals surface area contributed by atoms with Crippen LogP contribution < -0.4 is 10.6 Å². The monoisotopic (exact) mass is 361 g/mol. The van der Waals surface area contributed by atoms with E-state index in [4.69, 9.17) is 4.74 Å². The summed E-state index contributed by atoms with van der Waals surface area (Å²) in [6.07, 6.45) is 0. The van der Waals surface area contributed by atoms with Crippen molar-refractivity contribution in [3.63, 3.8) is 0 Å². The molecule has 2 rings (SSSR count). The van der Waals surface area contributed by atoms with Gasteiger partial charge in [-0.1, -0.05) is 24.3 Å². The Morgan fingerprint density at radius 2 is 1.73 bits per heavy atom. The third-order valence-electron chi connectivity index (χ3n) is 4.53. The number of hydrogen-bond acceptors (Lipinski definition) is 4. The summed E-state index contributed by atoms with van der Waals surface area (Å²) in [7, 11) is 2.19. The van der Waals surface area contributed by atoms with Gasteiger partial charge in [-0.15, -0.1) is 0 Å². The molecule has 0 atom stereocenters. The molecule has 0 radical (unpaired) electrons. The van der Waals surface area contributed by atoms with Crippen LogP contribution in [0.1, 0.15) is 25.0 Å². The van der Waals surface area contributed by atoms with E-state index in [1.165, 1.54) is 11.1 Å². The zero-order valence-electron chi connectivity index (χ0n) is 16.6. The summed E-state index contributed by atoms with van der Waals surface area (Å²) >= 11 is 0. The van der Waals surface area contributed by atoms with Crippen molar-refractivity contribution in [3.8, 4) is 0 Å². The lowest BCUT2D eigenvalue weighted by Gasteiger charge is -2.32. The van der Waals surface area contributed by atoms with Crippen molar-refractivity contribution < 1.29 is 4.74 Å². The van der Waals surface area contributed by atoms with Gasteiger partial charge in [0.25, 0.3) is 0 Å². The van der Waals surface area contributed by atoms with Gasteiger partial charge in [0.15, 0.2) is 5.96 Å². The third kappa shape index (κ3) is 7.72. The maximum atomic E-state index is 5.35. The van der Waals surface area contributed by atoms with Gasteiger partial charge < -0.3 is 20.3 Å². The molecular weight excluding hydrogens is 326 g/mol. The number of nitrogens with one attached hydrogen (secondary N) is 2. The summed E-state index contributed by atoms with van der Waals surface area (Å²) < 4.78 is 5.35. The van der Waals surface area contributed by atoms with Crippen molar-refractivity contribution >= 4 is 5.96 Å². The Balaban J connectivity index is 1.80. The van der Waals surface area contributed by atoms with Crippen molar-refractivity contribution in [2.24, 2.45) is 4.99 Å². The topological polar surface area (TPSA) is 52.1 Å². The van der Waals surface area contributed by atoms with E-state index in [0.717, 1.165) is 58.4 Å². The molecule has 0 bridgehead atoms. The first-order chi connectivity index (χ1) is 12.7. The van der Waals surface area contributed by atoms with Gasteiger partial charge >= 0.3 is 0 Å². The van der Waals surface area contributed by atoms with Gasteiger partial charge in [-0.25, -0.2) is 4.99 Å². The molecule has 0 spiro atoms. The first kappa shape index (κ1) is 20.7. The van der Waals surface area contributed by atoms with Gasteiger partial charge in [0.05, 0.1) is 13.2 Å². The van der Waals surface area contributed by atoms with Crippen LogP contribution in [0.5, 0.6) is 0 Å². The number of guanidine groups is 1. The molecule has 1 heterocycles. The highest BCUT2D eigenvalue weighted by molar-refractivity contribution is 5.79. The molecule has 1 fully saturated rings. The Bertz CT molecular complexity index is 524. The fraction of sp³-hybridized carbons (Fsp3) is 0.650. The molecule has 0 saturated carbocycles. The largest absolute Gasteiger partial charge is 0.380 e. The van der Waals surface area contributed by atoms with Gasteiger partial charge in [0.2, 0.25) is 0 Å². The SMILES string of the molecule is CCNC(=NCc1ccc(CN2CCN(C)CC2)cc1)NCCOCC. The molecule has 1 aromatic rings. The van der Waals surface area contributed by atoms with E-state index in [2.05, 4.69) is 63.7 Å². The molecule has 1 aliphatic heterocycles. The number of nitrogens with zero attached hydrogens (tertiary/aromatic N) is 3. The van der Waals surface area contributed by atoms with Crippen molar-refractivity contribution in [1.82, 2.24) is 20.4 Å². The van der Waals surface area contributed by atoms with Crippen molar-refractivity contribution in [1.29, 1.82) is 0 Å². The smallest absolute Gasteiger partial charge is 0.191 e. The molecule has 146 valence electrons. The summed E-state index contributed by atoms with van der Waals surface area (Å²) in [5.74, 6) is 0.841. The standard InChI is InChI=1S/C20H35N5O/c1-4-21-20(22-10-15-26-5-2)23-16-18-6-8-19(9-7-18)17-25-13-11-24(3)12-14-25/h6-9H,4-5,10-17H2,1-3H3,(H2,21,22,23). The lowest BCUT2D eigenvalue weighted by molar-refractivity contribution is 0.148. The lowest BCUT2D eigenvalue weighted by Crippen LogP contribution is -2.43. The molecule has 6 nitrogen and oxygen atoms in total. The summed E-state index contributed by atoms with van der Waals surface area (Å²) in [5.41, 5.74) is 2.61. The average Bonchev–Trinajstić information content (AvgIpc) is 2.66. The van der Waals surface area contributed by atoms with E-state index in [9.17, 15) is 0 Å². The summed E-state index contributed by atoms with van der Waals surface area (Å²) in [5, 5.41) is 6.57. The van der Waals surface area contributed by atoms with Crippen LogP contribution in [-0.4, -0.2) is 75.3 Å². The normalized spacial score (nSPS) is 16.7. The number of benzene rings is 1. The molecule has 2 N–H and O–H groups in total. The number of likely N-dealkylation sites (N-methyl/N-ethyl adjacent to an activating group) is 1. The highest BCUT2D eigenvalue weighted by Gasteiger charge is 2.13. The predicted octanol–water partition coefficient (Wildman–Crippen LogP) is 1.53. The average molecular weight is 362 g/mol. The highest BCUT2D eigenvalue weighted by Crippen LogP contribution is 2.10. The quantitative estimate of drug-likeness (QED) is 0.397. The zero-order chi connectivity index (χ0) is 18.6. The van der Waals surface area contributed by atoms with Crippen molar-refractivity contribution in [2.45, 2.75) is 26.9 Å². The zero-order valence-corrected chi connectivity index (χ0v) is 16.6. The molecule has 0 aliphatic carbocycles. The number of hydrogen-bond donors (Lipinski definition) is 2. The fourth-order valence-electron chi connectivity index (χ4n) is 2.91. The Kier molecular flexibility index (Phi) is 9.45. The van der Waals surface area contributed by atoms with E-state index in [1.807, 2.05) is 6.92 Å². The van der Waals surface area contributed by atoms with Crippen LogP contribution >= 0.6 is 0 Å². The predicted molar refractivity (Wildman–Crippen MR) is 109 cm³/mol. The van der Waals surface area contributed by atoms with E-state index < -0.39 is 0 Å². The number of piperazine rings is 1. The summed E-state index contributed by atoms with van der Waals surface area (Å²) in [6, 6.07) is 8.86. The van der Waals surface area contributed by atoms with Gasteiger partial charge in [-0.3, -0.25) is 4.90 Å². The Morgan fingerprint density at radius 1 is 1.04 bits per heavy atom. The van der Waals surface area contributed by atoms with E-state index >= 15 is 0 Å². The van der Waals surface area contributed by atoms with Gasteiger partial charge in [0.1, 0.15) is 0 Å². The highest BCUT2D eigenvalue weighted by atomic mass is 16.5.